The van der Waals surface area contributed by atoms with Gasteiger partial charge in [0.1, 0.15) is 5.70 Å². The first-order valence-electron chi connectivity index (χ1n) is 5.15. The van der Waals surface area contributed by atoms with E-state index in [1.54, 1.807) is 13.1 Å². The van der Waals surface area contributed by atoms with E-state index in [4.69, 9.17) is 0 Å². The molecule has 0 aromatic rings. The predicted molar refractivity (Wildman–Crippen MR) is 64.3 cm³/mol. The Bertz CT molecular complexity index is 265. The van der Waals surface area contributed by atoms with Crippen molar-refractivity contribution in [2.24, 2.45) is 9.98 Å². The highest BCUT2D eigenvalue weighted by Gasteiger charge is 2.11. The van der Waals surface area contributed by atoms with E-state index in [0.29, 0.717) is 5.70 Å². The third-order valence-electron chi connectivity index (χ3n) is 2.04. The van der Waals surface area contributed by atoms with Crippen LogP contribution in [0, 0.1) is 0 Å². The second kappa shape index (κ2) is 7.91. The zero-order chi connectivity index (χ0) is 11.7. The van der Waals surface area contributed by atoms with Gasteiger partial charge in [-0.25, -0.2) is 0 Å². The molecule has 0 unspecified atom stereocenters. The molecule has 4 nitrogen and oxygen atoms in total. The van der Waals surface area contributed by atoms with Crippen molar-refractivity contribution in [2.75, 3.05) is 0 Å². The first kappa shape index (κ1) is 13.5. The van der Waals surface area contributed by atoms with E-state index in [9.17, 15) is 4.79 Å². The summed E-state index contributed by atoms with van der Waals surface area (Å²) < 4.78 is 0. The van der Waals surface area contributed by atoms with Gasteiger partial charge in [-0.2, -0.15) is 0 Å². The molecule has 0 aromatic carbocycles. The van der Waals surface area contributed by atoms with Crippen molar-refractivity contribution in [1.29, 1.82) is 0 Å². The molecule has 0 spiro atoms. The van der Waals surface area contributed by atoms with Gasteiger partial charge in [0.25, 0.3) is 5.91 Å². The number of nitrogens with one attached hydrogen (secondary N) is 1. The normalized spacial score (nSPS) is 12.1. The van der Waals surface area contributed by atoms with Gasteiger partial charge in [0.2, 0.25) is 0 Å². The Hall–Kier alpha value is -1.45. The number of carbonyl (C=O) groups is 1. The highest BCUT2D eigenvalue weighted by atomic mass is 16.2. The van der Waals surface area contributed by atoms with Gasteiger partial charge in [-0.05, 0) is 26.5 Å². The highest BCUT2D eigenvalue weighted by molar-refractivity contribution is 5.94. The Morgan fingerprint density at radius 2 is 2.07 bits per heavy atom. The van der Waals surface area contributed by atoms with Crippen LogP contribution in [0.4, 0.5) is 0 Å². The minimum atomic E-state index is -0.200. The van der Waals surface area contributed by atoms with Gasteiger partial charge in [-0.15, -0.1) is 0 Å². The minimum Gasteiger partial charge on any atom is -0.348 e. The molecule has 1 amide bonds. The fourth-order valence-electron chi connectivity index (χ4n) is 1.13. The van der Waals surface area contributed by atoms with E-state index >= 15 is 0 Å². The molecule has 0 aromatic heterocycles. The van der Waals surface area contributed by atoms with Gasteiger partial charge < -0.3 is 5.32 Å². The van der Waals surface area contributed by atoms with Crippen LogP contribution in [0.15, 0.2) is 21.9 Å². The lowest BCUT2D eigenvalue weighted by Crippen LogP contribution is -2.34. The van der Waals surface area contributed by atoms with Gasteiger partial charge in [0.15, 0.2) is 0 Å². The van der Waals surface area contributed by atoms with E-state index in [0.717, 1.165) is 12.8 Å². The third-order valence-corrected chi connectivity index (χ3v) is 2.04. The van der Waals surface area contributed by atoms with Crippen LogP contribution in [0.25, 0.3) is 0 Å². The molecule has 0 saturated carbocycles. The summed E-state index contributed by atoms with van der Waals surface area (Å²) >= 11 is 0. The van der Waals surface area contributed by atoms with Crippen LogP contribution in [0.3, 0.4) is 0 Å². The number of hydrogen-bond donors (Lipinski definition) is 1. The van der Waals surface area contributed by atoms with Gasteiger partial charge in [0, 0.05) is 12.3 Å². The maximum absolute atomic E-state index is 11.7. The van der Waals surface area contributed by atoms with E-state index in [1.807, 2.05) is 13.8 Å². The van der Waals surface area contributed by atoms with E-state index in [2.05, 4.69) is 22.0 Å². The van der Waals surface area contributed by atoms with Crippen LogP contribution in [0.5, 0.6) is 0 Å². The fraction of sp³-hybridized carbons (Fsp3) is 0.545. The third kappa shape index (κ3) is 5.10. The molecule has 0 heterocycles. The first-order valence-corrected chi connectivity index (χ1v) is 5.15. The molecule has 0 aliphatic rings. The minimum absolute atomic E-state index is 0.192. The van der Waals surface area contributed by atoms with Crippen molar-refractivity contribution in [3.63, 3.8) is 0 Å². The molecule has 0 saturated heterocycles. The summed E-state index contributed by atoms with van der Waals surface area (Å²) in [6, 6.07) is 0.192. The topological polar surface area (TPSA) is 53.8 Å². The second-order valence-corrected chi connectivity index (χ2v) is 3.07. The summed E-state index contributed by atoms with van der Waals surface area (Å²) in [5.41, 5.74) is 0.291. The Kier molecular flexibility index (Phi) is 7.14. The Morgan fingerprint density at radius 1 is 1.47 bits per heavy atom. The van der Waals surface area contributed by atoms with Gasteiger partial charge in [0.05, 0.1) is 6.20 Å². The molecule has 0 fully saturated rings. The van der Waals surface area contributed by atoms with Crippen LogP contribution in [-0.2, 0) is 4.79 Å². The highest BCUT2D eigenvalue weighted by Crippen LogP contribution is 2.01. The molecule has 0 radical (unpaired) electrons. The lowest BCUT2D eigenvalue weighted by molar-refractivity contribution is -0.118. The van der Waals surface area contributed by atoms with Crippen molar-refractivity contribution < 1.29 is 4.79 Å². The molecule has 15 heavy (non-hydrogen) atoms. The Morgan fingerprint density at radius 3 is 2.47 bits per heavy atom. The number of amides is 1. The van der Waals surface area contributed by atoms with E-state index in [-0.39, 0.29) is 11.9 Å². The van der Waals surface area contributed by atoms with Crippen molar-refractivity contribution in [3.8, 4) is 0 Å². The molecule has 4 heteroatoms. The largest absolute Gasteiger partial charge is 0.348 e. The number of rotatable bonds is 6. The second-order valence-electron chi connectivity index (χ2n) is 3.07. The summed E-state index contributed by atoms with van der Waals surface area (Å²) in [4.78, 5) is 19.1. The maximum Gasteiger partial charge on any atom is 0.271 e. The van der Waals surface area contributed by atoms with Crippen molar-refractivity contribution >= 4 is 18.8 Å². The monoisotopic (exact) mass is 209 g/mol. The van der Waals surface area contributed by atoms with Crippen LogP contribution in [0.2, 0.25) is 0 Å². The van der Waals surface area contributed by atoms with Crippen LogP contribution in [-0.4, -0.2) is 24.9 Å². The van der Waals surface area contributed by atoms with E-state index in [1.165, 1.54) is 6.20 Å². The van der Waals surface area contributed by atoms with Crippen LogP contribution >= 0.6 is 0 Å². The van der Waals surface area contributed by atoms with Crippen molar-refractivity contribution in [1.82, 2.24) is 5.32 Å². The lowest BCUT2D eigenvalue weighted by atomic mass is 10.2. The molecule has 0 aliphatic carbocycles. The Balaban J connectivity index is 4.51. The molecule has 0 atom stereocenters. The summed E-state index contributed by atoms with van der Waals surface area (Å²) in [6.07, 6.45) is 4.74. The fourth-order valence-corrected chi connectivity index (χ4v) is 1.13. The molecular formula is C11H19N3O. The summed E-state index contributed by atoms with van der Waals surface area (Å²) in [7, 11) is 0. The molecule has 0 rings (SSSR count). The lowest BCUT2D eigenvalue weighted by Gasteiger charge is -2.14. The van der Waals surface area contributed by atoms with Gasteiger partial charge in [-0.3, -0.25) is 14.8 Å². The van der Waals surface area contributed by atoms with Crippen molar-refractivity contribution in [2.45, 2.75) is 39.7 Å². The summed E-state index contributed by atoms with van der Waals surface area (Å²) in [5, 5.41) is 2.88. The molecule has 0 aliphatic heterocycles. The average Bonchev–Trinajstić information content (AvgIpc) is 2.25. The number of carbonyl (C=O) groups excluding carboxylic acids is 1. The Labute approximate surface area is 91.2 Å². The van der Waals surface area contributed by atoms with Gasteiger partial charge in [-0.1, -0.05) is 13.8 Å². The number of hydrogen-bond acceptors (Lipinski definition) is 3. The predicted octanol–water partition coefficient (Wildman–Crippen LogP) is 1.92. The smallest absolute Gasteiger partial charge is 0.271 e. The SMILES string of the molecule is C=N/C=C(\N=CC)C(=O)NC(CC)CC. The number of nitrogens with zero attached hydrogens (tertiary/aromatic N) is 2. The zero-order valence-electron chi connectivity index (χ0n) is 9.66. The maximum atomic E-state index is 11.7. The molecule has 84 valence electrons. The standard InChI is InChI=1S/C11H19N3O/c1-5-9(6-2)14-11(15)10(8-12-4)13-7-3/h7-9H,4-6H2,1-3H3,(H,14,15)/b10-8-,13-7?. The molecule has 1 N–H and O–H groups in total. The van der Waals surface area contributed by atoms with Crippen molar-refractivity contribution in [3.05, 3.63) is 11.9 Å². The number of aliphatic imine (C=N–C) groups is 2. The molecular weight excluding hydrogens is 190 g/mol. The summed E-state index contributed by atoms with van der Waals surface area (Å²) in [5.74, 6) is -0.200. The van der Waals surface area contributed by atoms with E-state index < -0.39 is 0 Å². The van der Waals surface area contributed by atoms with Crippen LogP contribution < -0.4 is 5.32 Å². The zero-order valence-corrected chi connectivity index (χ0v) is 9.66. The first-order chi connectivity index (χ1) is 7.19. The quantitative estimate of drug-likeness (QED) is 0.527. The molecule has 0 bridgehead atoms. The van der Waals surface area contributed by atoms with Crippen LogP contribution in [0.1, 0.15) is 33.6 Å². The summed E-state index contributed by atoms with van der Waals surface area (Å²) in [6.45, 7) is 9.12. The average molecular weight is 209 g/mol. The van der Waals surface area contributed by atoms with Gasteiger partial charge >= 0.3 is 0 Å².